The van der Waals surface area contributed by atoms with Gasteiger partial charge in [0.25, 0.3) is 11.5 Å². The summed E-state index contributed by atoms with van der Waals surface area (Å²) in [5.41, 5.74) is 0.693. The lowest BCUT2D eigenvalue weighted by atomic mass is 10.0. The van der Waals surface area contributed by atoms with Gasteiger partial charge in [0.05, 0.1) is 23.2 Å². The van der Waals surface area contributed by atoms with E-state index in [0.29, 0.717) is 44.0 Å². The van der Waals surface area contributed by atoms with Crippen LogP contribution in [0, 0.1) is 11.7 Å². The van der Waals surface area contributed by atoms with E-state index >= 15 is 4.39 Å². The number of fused-ring (bicyclic) bond motifs is 2. The maximum absolute atomic E-state index is 15.3. The zero-order valence-corrected chi connectivity index (χ0v) is 23.2. The Hall–Kier alpha value is -4.15. The van der Waals surface area contributed by atoms with Gasteiger partial charge in [-0.2, -0.15) is 0 Å². The summed E-state index contributed by atoms with van der Waals surface area (Å²) in [4.78, 5) is 54.1. The predicted octanol–water partition coefficient (Wildman–Crippen LogP) is 3.65. The highest BCUT2D eigenvalue weighted by Gasteiger charge is 2.28. The fourth-order valence-electron chi connectivity index (χ4n) is 5.78. The van der Waals surface area contributed by atoms with Crippen molar-refractivity contribution in [2.24, 2.45) is 5.92 Å². The molecule has 1 unspecified atom stereocenters. The number of anilines is 1. The first-order valence-corrected chi connectivity index (χ1v) is 14.3. The van der Waals surface area contributed by atoms with E-state index in [4.69, 9.17) is 4.74 Å². The zero-order chi connectivity index (χ0) is 28.8. The van der Waals surface area contributed by atoms with Gasteiger partial charge in [-0.05, 0) is 75.3 Å². The maximum Gasteiger partial charge on any atom is 0.331 e. The Balaban J connectivity index is 1.20. The summed E-state index contributed by atoms with van der Waals surface area (Å²) in [6, 6.07) is 6.77. The lowest BCUT2D eigenvalue weighted by Gasteiger charge is -2.33. The summed E-state index contributed by atoms with van der Waals surface area (Å²) in [5, 5.41) is 5.81. The van der Waals surface area contributed by atoms with Crippen LogP contribution >= 0.6 is 0 Å². The third kappa shape index (κ3) is 5.32. The third-order valence-electron chi connectivity index (χ3n) is 8.15. The lowest BCUT2D eigenvalue weighted by Crippen LogP contribution is -2.50. The number of hydrogen-bond donors (Lipinski definition) is 2. The minimum absolute atomic E-state index is 0.127. The second-order valence-electron chi connectivity index (χ2n) is 11.6. The van der Waals surface area contributed by atoms with Gasteiger partial charge in [0.2, 0.25) is 0 Å². The quantitative estimate of drug-likeness (QED) is 0.475. The number of rotatable bonds is 6. The van der Waals surface area contributed by atoms with Crippen LogP contribution in [-0.4, -0.2) is 51.7 Å². The van der Waals surface area contributed by atoms with Crippen molar-refractivity contribution < 1.29 is 18.7 Å². The Kier molecular flexibility index (Phi) is 7.04. The van der Waals surface area contributed by atoms with Crippen LogP contribution < -0.4 is 26.6 Å². The van der Waals surface area contributed by atoms with Gasteiger partial charge >= 0.3 is 11.7 Å². The molecular weight excluding hydrogens is 529 g/mol. The van der Waals surface area contributed by atoms with Gasteiger partial charge in [-0.3, -0.25) is 18.7 Å². The summed E-state index contributed by atoms with van der Waals surface area (Å²) < 4.78 is 23.5. The predicted molar refractivity (Wildman–Crippen MR) is 152 cm³/mol. The van der Waals surface area contributed by atoms with E-state index in [2.05, 4.69) is 10.6 Å². The summed E-state index contributed by atoms with van der Waals surface area (Å²) in [7, 11) is 0. The van der Waals surface area contributed by atoms with Crippen molar-refractivity contribution in [3.05, 3.63) is 68.1 Å². The average Bonchev–Trinajstić information content (AvgIpc) is 3.65. The number of carbonyl (C=O) groups is 2. The second kappa shape index (κ2) is 10.7. The van der Waals surface area contributed by atoms with E-state index in [1.165, 1.54) is 20.1 Å². The number of piperidine rings is 1. The van der Waals surface area contributed by atoms with Gasteiger partial charge in [-0.25, -0.2) is 14.0 Å². The molecule has 3 aromatic rings. The molecule has 1 aliphatic carbocycles. The highest BCUT2D eigenvalue weighted by Crippen LogP contribution is 2.30. The van der Waals surface area contributed by atoms with Crippen LogP contribution in [0.3, 0.4) is 0 Å². The number of carbonyl (C=O) groups excluding carboxylic acids is 2. The number of benzene rings is 2. The number of nitrogens with zero attached hydrogens (tertiary/aromatic N) is 3. The summed E-state index contributed by atoms with van der Waals surface area (Å²) in [6.07, 6.45) is 4.08. The Bertz CT molecular complexity index is 1660. The molecule has 2 fully saturated rings. The summed E-state index contributed by atoms with van der Waals surface area (Å²) in [5.74, 6) is 0.146. The summed E-state index contributed by atoms with van der Waals surface area (Å²) in [6.45, 7) is 5.28. The highest BCUT2D eigenvalue weighted by molar-refractivity contribution is 5.95. The SMILES string of the molecule is CC(C)n1c(=O)n(CC2CC2)c(=O)c2cc(NC(=O)N3CCCC(NC(=O)c4ccc5c(c4)CCO5)C3)c(F)cc21. The number of hydrogen-bond acceptors (Lipinski definition) is 5. The zero-order valence-electron chi connectivity index (χ0n) is 23.2. The molecule has 41 heavy (non-hydrogen) atoms. The van der Waals surface area contributed by atoms with Crippen molar-refractivity contribution in [3.8, 4) is 5.75 Å². The molecule has 0 bridgehead atoms. The molecule has 10 nitrogen and oxygen atoms in total. The summed E-state index contributed by atoms with van der Waals surface area (Å²) >= 11 is 0. The molecule has 3 heterocycles. The van der Waals surface area contributed by atoms with Gasteiger partial charge in [0, 0.05) is 49.8 Å². The maximum atomic E-state index is 15.3. The van der Waals surface area contributed by atoms with Crippen molar-refractivity contribution in [1.29, 1.82) is 0 Å². The number of aromatic nitrogens is 2. The molecule has 216 valence electrons. The fourth-order valence-corrected chi connectivity index (χ4v) is 5.78. The number of amides is 3. The topological polar surface area (TPSA) is 115 Å². The van der Waals surface area contributed by atoms with Crippen LogP contribution in [0.1, 0.15) is 61.5 Å². The third-order valence-corrected chi connectivity index (χ3v) is 8.15. The smallest absolute Gasteiger partial charge is 0.331 e. The molecule has 6 rings (SSSR count). The van der Waals surface area contributed by atoms with Crippen LogP contribution in [0.25, 0.3) is 10.9 Å². The Morgan fingerprint density at radius 3 is 2.68 bits per heavy atom. The number of halogens is 1. The molecule has 2 N–H and O–H groups in total. The van der Waals surface area contributed by atoms with E-state index in [9.17, 15) is 19.2 Å². The molecule has 1 aromatic heterocycles. The van der Waals surface area contributed by atoms with Gasteiger partial charge < -0.3 is 20.3 Å². The molecule has 3 amide bonds. The van der Waals surface area contributed by atoms with Gasteiger partial charge in [-0.1, -0.05) is 0 Å². The first-order chi connectivity index (χ1) is 19.7. The molecule has 2 aliphatic heterocycles. The number of likely N-dealkylation sites (tertiary alicyclic amines) is 1. The first kappa shape index (κ1) is 27.0. The molecule has 11 heteroatoms. The van der Waals surface area contributed by atoms with Crippen LogP contribution in [0.4, 0.5) is 14.9 Å². The van der Waals surface area contributed by atoms with E-state index in [-0.39, 0.29) is 41.1 Å². The van der Waals surface area contributed by atoms with Crippen molar-refractivity contribution in [1.82, 2.24) is 19.4 Å². The second-order valence-corrected chi connectivity index (χ2v) is 11.6. The van der Waals surface area contributed by atoms with E-state index in [1.54, 1.807) is 12.1 Å². The van der Waals surface area contributed by atoms with Crippen LogP contribution in [0.2, 0.25) is 0 Å². The Morgan fingerprint density at radius 1 is 1.12 bits per heavy atom. The van der Waals surface area contributed by atoms with Crippen molar-refractivity contribution in [2.45, 2.75) is 64.6 Å². The van der Waals surface area contributed by atoms with Gasteiger partial charge in [-0.15, -0.1) is 0 Å². The van der Waals surface area contributed by atoms with Gasteiger partial charge in [0.15, 0.2) is 0 Å². The van der Waals surface area contributed by atoms with Crippen molar-refractivity contribution >= 4 is 28.5 Å². The van der Waals surface area contributed by atoms with Crippen LogP contribution in [-0.2, 0) is 13.0 Å². The normalized spacial score (nSPS) is 18.3. The standard InChI is InChI=1S/C30H34FN5O5/c1-17(2)36-25-14-23(31)24(13-22(25)28(38)35(30(36)40)15-18-5-6-18)33-29(39)34-10-3-4-21(16-34)32-27(37)20-7-8-26-19(12-20)9-11-41-26/h7-8,12-14,17-18,21H,3-6,9-11,15-16H2,1-2H3,(H,32,37)(H,33,39). The number of urea groups is 1. The Morgan fingerprint density at radius 2 is 1.93 bits per heavy atom. The van der Waals surface area contributed by atoms with E-state index < -0.39 is 23.1 Å². The largest absolute Gasteiger partial charge is 0.493 e. The first-order valence-electron chi connectivity index (χ1n) is 14.3. The molecular formula is C30H34FN5O5. The lowest BCUT2D eigenvalue weighted by molar-refractivity contribution is 0.0913. The molecule has 1 atom stereocenters. The number of ether oxygens (including phenoxy) is 1. The van der Waals surface area contributed by atoms with E-state index in [0.717, 1.165) is 36.6 Å². The van der Waals surface area contributed by atoms with Crippen molar-refractivity contribution in [2.75, 3.05) is 25.0 Å². The molecule has 0 spiro atoms. The molecule has 1 saturated carbocycles. The molecule has 2 aromatic carbocycles. The highest BCUT2D eigenvalue weighted by atomic mass is 19.1. The van der Waals surface area contributed by atoms with Crippen molar-refractivity contribution in [3.63, 3.8) is 0 Å². The fraction of sp³-hybridized carbons (Fsp3) is 0.467. The number of nitrogens with one attached hydrogen (secondary N) is 2. The molecule has 1 saturated heterocycles. The van der Waals surface area contributed by atoms with E-state index in [1.807, 2.05) is 19.9 Å². The minimum Gasteiger partial charge on any atom is -0.493 e. The Labute approximate surface area is 236 Å². The van der Waals surface area contributed by atoms with Gasteiger partial charge in [0.1, 0.15) is 11.6 Å². The average molecular weight is 564 g/mol. The monoisotopic (exact) mass is 563 g/mol. The molecule has 3 aliphatic rings. The van der Waals surface area contributed by atoms with Crippen LogP contribution in [0.15, 0.2) is 39.9 Å². The minimum atomic E-state index is -0.735. The molecule has 0 radical (unpaired) electrons. The van der Waals surface area contributed by atoms with Crippen LogP contribution in [0.5, 0.6) is 5.75 Å².